The molecule has 2 heteroatoms. The summed E-state index contributed by atoms with van der Waals surface area (Å²) in [5, 5.41) is 9.70. The van der Waals surface area contributed by atoms with Crippen molar-refractivity contribution in [3.8, 4) is 11.5 Å². The van der Waals surface area contributed by atoms with Crippen LogP contribution < -0.4 is 4.74 Å². The second-order valence-electron chi connectivity index (χ2n) is 4.28. The number of phenols is 1. The molecule has 0 aliphatic carbocycles. The van der Waals surface area contributed by atoms with Crippen LogP contribution in [0.25, 0.3) is 0 Å². The molecule has 0 saturated carbocycles. The predicted octanol–water partition coefficient (Wildman–Crippen LogP) is 3.55. The molecule has 0 saturated heterocycles. The quantitative estimate of drug-likeness (QED) is 0.743. The van der Waals surface area contributed by atoms with Crippen molar-refractivity contribution in [3.05, 3.63) is 36.4 Å². The second-order valence-corrected chi connectivity index (χ2v) is 4.28. The average Bonchev–Trinajstić information content (AvgIpc) is 2.22. The molecule has 1 rings (SSSR count). The topological polar surface area (TPSA) is 29.5 Å². The lowest BCUT2D eigenvalue weighted by molar-refractivity contribution is 0.285. The van der Waals surface area contributed by atoms with Gasteiger partial charge in [-0.1, -0.05) is 26.0 Å². The van der Waals surface area contributed by atoms with Crippen molar-refractivity contribution in [2.45, 2.75) is 26.7 Å². The van der Waals surface area contributed by atoms with Crippen LogP contribution in [0.4, 0.5) is 0 Å². The van der Waals surface area contributed by atoms with Gasteiger partial charge in [-0.2, -0.15) is 0 Å². The van der Waals surface area contributed by atoms with Crippen LogP contribution in [0.5, 0.6) is 11.5 Å². The highest BCUT2D eigenvalue weighted by molar-refractivity contribution is 5.44. The summed E-state index contributed by atoms with van der Waals surface area (Å²) in [5.41, 5.74) is 0.821. The summed E-state index contributed by atoms with van der Waals surface area (Å²) in [4.78, 5) is 0. The molecule has 0 fully saturated rings. The number of hydrogen-bond donors (Lipinski definition) is 1. The van der Waals surface area contributed by atoms with Crippen LogP contribution in [0.1, 0.15) is 25.8 Å². The summed E-state index contributed by atoms with van der Waals surface area (Å²) < 4.78 is 5.67. The first-order valence-corrected chi connectivity index (χ1v) is 5.69. The Morgan fingerprint density at radius 2 is 2.19 bits per heavy atom. The maximum Gasteiger partial charge on any atom is 0.126 e. The van der Waals surface area contributed by atoms with Crippen LogP contribution in [-0.4, -0.2) is 11.7 Å². The summed E-state index contributed by atoms with van der Waals surface area (Å²) in [6.07, 6.45) is 3.41. The first kappa shape index (κ1) is 12.6. The van der Waals surface area contributed by atoms with E-state index in [0.717, 1.165) is 17.7 Å². The maximum absolute atomic E-state index is 9.70. The Balaban J connectivity index is 2.70. The molecule has 0 bridgehead atoms. The van der Waals surface area contributed by atoms with Crippen molar-refractivity contribution in [1.29, 1.82) is 0 Å². The minimum absolute atomic E-state index is 0.280. The molecule has 0 radical (unpaired) electrons. The largest absolute Gasteiger partial charge is 0.508 e. The Morgan fingerprint density at radius 1 is 1.44 bits per heavy atom. The molecule has 1 N–H and O–H groups in total. The fourth-order valence-corrected chi connectivity index (χ4v) is 1.44. The van der Waals surface area contributed by atoms with E-state index in [0.29, 0.717) is 18.9 Å². The summed E-state index contributed by atoms with van der Waals surface area (Å²) in [6, 6.07) is 5.36. The highest BCUT2D eigenvalue weighted by Gasteiger charge is 2.07. The third-order valence-electron chi connectivity index (χ3n) is 2.41. The van der Waals surface area contributed by atoms with Crippen LogP contribution in [0.15, 0.2) is 30.9 Å². The molecule has 1 aromatic rings. The normalized spacial score (nSPS) is 10.4. The third-order valence-corrected chi connectivity index (χ3v) is 2.41. The van der Waals surface area contributed by atoms with Gasteiger partial charge < -0.3 is 9.84 Å². The van der Waals surface area contributed by atoms with Crippen molar-refractivity contribution in [2.24, 2.45) is 5.92 Å². The smallest absolute Gasteiger partial charge is 0.126 e. The molecule has 1 aromatic carbocycles. The molecule has 16 heavy (non-hydrogen) atoms. The lowest BCUT2D eigenvalue weighted by Gasteiger charge is -2.12. The minimum Gasteiger partial charge on any atom is -0.508 e. The van der Waals surface area contributed by atoms with E-state index in [9.17, 15) is 5.11 Å². The SMILES string of the molecule is C=CCc1c(O)cccc1OCCC(C)C. The van der Waals surface area contributed by atoms with E-state index in [1.165, 1.54) is 0 Å². The van der Waals surface area contributed by atoms with Crippen LogP contribution in [0.2, 0.25) is 0 Å². The Morgan fingerprint density at radius 3 is 2.81 bits per heavy atom. The summed E-state index contributed by atoms with van der Waals surface area (Å²) in [5.74, 6) is 1.67. The zero-order valence-electron chi connectivity index (χ0n) is 10.1. The standard InChI is InChI=1S/C14H20O2/c1-4-6-12-13(15)7-5-8-14(12)16-10-9-11(2)3/h4-5,7-8,11,15H,1,6,9-10H2,2-3H3. The lowest BCUT2D eigenvalue weighted by atomic mass is 10.1. The molecular formula is C14H20O2. The number of hydrogen-bond acceptors (Lipinski definition) is 2. The van der Waals surface area contributed by atoms with Gasteiger partial charge in [0.05, 0.1) is 6.61 Å². The predicted molar refractivity (Wildman–Crippen MR) is 67.0 cm³/mol. The van der Waals surface area contributed by atoms with Crippen LogP contribution in [0, 0.1) is 5.92 Å². The molecule has 0 unspecified atom stereocenters. The van der Waals surface area contributed by atoms with E-state index in [4.69, 9.17) is 4.74 Å². The first-order chi connectivity index (χ1) is 7.65. The Hall–Kier alpha value is -1.44. The fraction of sp³-hybridized carbons (Fsp3) is 0.429. The monoisotopic (exact) mass is 220 g/mol. The van der Waals surface area contributed by atoms with E-state index in [2.05, 4.69) is 20.4 Å². The Bertz CT molecular complexity index is 343. The molecular weight excluding hydrogens is 200 g/mol. The van der Waals surface area contributed by atoms with Crippen LogP contribution in [0.3, 0.4) is 0 Å². The first-order valence-electron chi connectivity index (χ1n) is 5.69. The van der Waals surface area contributed by atoms with Gasteiger partial charge in [0.15, 0.2) is 0 Å². The van der Waals surface area contributed by atoms with Gasteiger partial charge in [0.2, 0.25) is 0 Å². The van der Waals surface area contributed by atoms with Gasteiger partial charge in [0.25, 0.3) is 0 Å². The zero-order chi connectivity index (χ0) is 12.0. The van der Waals surface area contributed by atoms with E-state index in [-0.39, 0.29) is 5.75 Å². The number of rotatable bonds is 6. The molecule has 0 aliphatic heterocycles. The number of allylic oxidation sites excluding steroid dienone is 1. The fourth-order valence-electron chi connectivity index (χ4n) is 1.44. The van der Waals surface area contributed by atoms with Gasteiger partial charge >= 0.3 is 0 Å². The molecule has 88 valence electrons. The maximum atomic E-state index is 9.70. The molecule has 0 aliphatic rings. The average molecular weight is 220 g/mol. The van der Waals surface area contributed by atoms with E-state index < -0.39 is 0 Å². The summed E-state index contributed by atoms with van der Waals surface area (Å²) in [7, 11) is 0. The van der Waals surface area contributed by atoms with Crippen molar-refractivity contribution < 1.29 is 9.84 Å². The molecule has 0 amide bonds. The van der Waals surface area contributed by atoms with Gasteiger partial charge in [-0.15, -0.1) is 6.58 Å². The van der Waals surface area contributed by atoms with Gasteiger partial charge in [-0.25, -0.2) is 0 Å². The van der Waals surface area contributed by atoms with Gasteiger partial charge in [0, 0.05) is 5.56 Å². The number of ether oxygens (including phenoxy) is 1. The molecule has 2 nitrogen and oxygen atoms in total. The minimum atomic E-state index is 0.280. The molecule has 0 atom stereocenters. The van der Waals surface area contributed by atoms with Crippen molar-refractivity contribution >= 4 is 0 Å². The highest BCUT2D eigenvalue weighted by Crippen LogP contribution is 2.28. The van der Waals surface area contributed by atoms with E-state index in [1.807, 2.05) is 6.07 Å². The van der Waals surface area contributed by atoms with Crippen LogP contribution >= 0.6 is 0 Å². The van der Waals surface area contributed by atoms with E-state index >= 15 is 0 Å². The van der Waals surface area contributed by atoms with Crippen LogP contribution in [-0.2, 0) is 6.42 Å². The molecule has 0 spiro atoms. The Labute approximate surface area is 97.6 Å². The number of aromatic hydroxyl groups is 1. The van der Waals surface area contributed by atoms with E-state index in [1.54, 1.807) is 18.2 Å². The molecule has 0 heterocycles. The van der Waals surface area contributed by atoms with Crippen molar-refractivity contribution in [1.82, 2.24) is 0 Å². The Kier molecular flexibility index (Phi) is 4.90. The molecule has 0 aromatic heterocycles. The van der Waals surface area contributed by atoms with Gasteiger partial charge in [0.1, 0.15) is 11.5 Å². The zero-order valence-corrected chi connectivity index (χ0v) is 10.1. The van der Waals surface area contributed by atoms with Gasteiger partial charge in [-0.3, -0.25) is 0 Å². The van der Waals surface area contributed by atoms with Crippen molar-refractivity contribution in [3.63, 3.8) is 0 Å². The second kappa shape index (κ2) is 6.21. The van der Waals surface area contributed by atoms with Crippen molar-refractivity contribution in [2.75, 3.05) is 6.61 Å². The summed E-state index contributed by atoms with van der Waals surface area (Å²) >= 11 is 0. The van der Waals surface area contributed by atoms with Gasteiger partial charge in [-0.05, 0) is 30.9 Å². The number of phenolic OH excluding ortho intramolecular Hbond substituents is 1. The number of benzene rings is 1. The summed E-state index contributed by atoms with van der Waals surface area (Å²) in [6.45, 7) is 8.69. The lowest BCUT2D eigenvalue weighted by Crippen LogP contribution is -2.03. The highest BCUT2D eigenvalue weighted by atomic mass is 16.5. The third kappa shape index (κ3) is 3.61.